The number of hydrogen-bond acceptors (Lipinski definition) is 2. The van der Waals surface area contributed by atoms with Crippen molar-refractivity contribution in [1.29, 1.82) is 0 Å². The third-order valence-electron chi connectivity index (χ3n) is 4.40. The van der Waals surface area contributed by atoms with Gasteiger partial charge in [-0.2, -0.15) is 0 Å². The van der Waals surface area contributed by atoms with E-state index in [1.807, 2.05) is 36.6 Å². The van der Waals surface area contributed by atoms with Crippen LogP contribution in [0.5, 0.6) is 0 Å². The Labute approximate surface area is 119 Å². The predicted molar refractivity (Wildman–Crippen MR) is 78.9 cm³/mol. The van der Waals surface area contributed by atoms with Crippen molar-refractivity contribution in [3.05, 3.63) is 35.3 Å². The van der Waals surface area contributed by atoms with Gasteiger partial charge in [0.25, 0.3) is 5.91 Å². The topological polar surface area (TPSA) is 46.4 Å². The van der Waals surface area contributed by atoms with Gasteiger partial charge in [-0.3, -0.25) is 4.79 Å². The number of nitrogens with one attached hydrogen (secondary N) is 1. The Morgan fingerprint density at radius 2 is 2.15 bits per heavy atom. The van der Waals surface area contributed by atoms with E-state index in [2.05, 4.69) is 17.2 Å². The molecule has 0 unspecified atom stereocenters. The van der Waals surface area contributed by atoms with Gasteiger partial charge in [-0.1, -0.05) is 6.42 Å². The second kappa shape index (κ2) is 4.93. The number of fused-ring (bicyclic) bond motifs is 1. The van der Waals surface area contributed by atoms with Crippen LogP contribution < -0.4 is 5.32 Å². The number of aromatic nitrogens is 2. The zero-order chi connectivity index (χ0) is 14.3. The number of hydrogen-bond donors (Lipinski definition) is 1. The summed E-state index contributed by atoms with van der Waals surface area (Å²) in [7, 11) is 0. The molecule has 0 saturated heterocycles. The number of rotatable bonds is 3. The number of aryl methyl sites for hydroxylation is 2. The molecule has 2 aromatic heterocycles. The van der Waals surface area contributed by atoms with E-state index >= 15 is 0 Å². The molecule has 0 bridgehead atoms. The molecule has 1 saturated carbocycles. The molecule has 1 fully saturated rings. The molecule has 20 heavy (non-hydrogen) atoms. The maximum absolute atomic E-state index is 12.5. The first-order valence-corrected chi connectivity index (χ1v) is 7.32. The zero-order valence-electron chi connectivity index (χ0n) is 12.3. The van der Waals surface area contributed by atoms with Crippen LogP contribution in [0.3, 0.4) is 0 Å². The van der Waals surface area contributed by atoms with Gasteiger partial charge in [-0.25, -0.2) is 4.98 Å². The Morgan fingerprint density at radius 1 is 1.40 bits per heavy atom. The Kier molecular flexibility index (Phi) is 3.24. The number of carbonyl (C=O) groups is 1. The lowest BCUT2D eigenvalue weighted by atomic mass is 9.80. The first-order valence-electron chi connectivity index (χ1n) is 7.32. The first-order chi connectivity index (χ1) is 9.56. The first kappa shape index (κ1) is 13.2. The van der Waals surface area contributed by atoms with Crippen LogP contribution in [0.25, 0.3) is 5.65 Å². The van der Waals surface area contributed by atoms with Gasteiger partial charge >= 0.3 is 0 Å². The van der Waals surface area contributed by atoms with Crippen molar-refractivity contribution in [3.63, 3.8) is 0 Å². The van der Waals surface area contributed by atoms with E-state index in [4.69, 9.17) is 0 Å². The lowest BCUT2D eigenvalue weighted by molar-refractivity contribution is 0.0910. The van der Waals surface area contributed by atoms with E-state index in [9.17, 15) is 4.79 Å². The second-order valence-corrected chi connectivity index (χ2v) is 5.92. The molecule has 106 valence electrons. The molecule has 0 spiro atoms. The van der Waals surface area contributed by atoms with Crippen LogP contribution >= 0.6 is 0 Å². The highest BCUT2D eigenvalue weighted by molar-refractivity contribution is 6.00. The molecular weight excluding hydrogens is 250 g/mol. The lowest BCUT2D eigenvalue weighted by Gasteiger charge is -2.31. The zero-order valence-corrected chi connectivity index (χ0v) is 12.3. The number of amides is 1. The van der Waals surface area contributed by atoms with Gasteiger partial charge in [0.2, 0.25) is 0 Å². The van der Waals surface area contributed by atoms with Gasteiger partial charge in [-0.15, -0.1) is 0 Å². The number of pyridine rings is 1. The average molecular weight is 271 g/mol. The van der Waals surface area contributed by atoms with Gasteiger partial charge in [0, 0.05) is 17.9 Å². The summed E-state index contributed by atoms with van der Waals surface area (Å²) < 4.78 is 1.98. The average Bonchev–Trinajstić information content (AvgIpc) is 2.69. The van der Waals surface area contributed by atoms with Crippen molar-refractivity contribution in [2.45, 2.75) is 46.1 Å². The van der Waals surface area contributed by atoms with Crippen molar-refractivity contribution in [2.24, 2.45) is 5.92 Å². The Hall–Kier alpha value is -1.84. The van der Waals surface area contributed by atoms with Crippen LogP contribution in [0, 0.1) is 19.8 Å². The molecular formula is C16H21N3O. The van der Waals surface area contributed by atoms with E-state index in [0.29, 0.717) is 11.5 Å². The maximum atomic E-state index is 12.5. The molecule has 1 N–H and O–H groups in total. The summed E-state index contributed by atoms with van der Waals surface area (Å²) in [6.45, 7) is 6.07. The quantitative estimate of drug-likeness (QED) is 0.933. The van der Waals surface area contributed by atoms with Crippen molar-refractivity contribution < 1.29 is 4.79 Å². The van der Waals surface area contributed by atoms with Crippen LogP contribution in [0.15, 0.2) is 18.3 Å². The van der Waals surface area contributed by atoms with Crippen LogP contribution in [0.4, 0.5) is 0 Å². The van der Waals surface area contributed by atoms with Crippen molar-refractivity contribution in [1.82, 2.24) is 14.7 Å². The fourth-order valence-corrected chi connectivity index (χ4v) is 2.83. The normalized spacial score (nSPS) is 16.9. The highest BCUT2D eigenvalue weighted by Gasteiger charge is 2.26. The lowest BCUT2D eigenvalue weighted by Crippen LogP contribution is -2.40. The largest absolute Gasteiger partial charge is 0.349 e. The molecule has 0 aliphatic heterocycles. The van der Waals surface area contributed by atoms with Gasteiger partial charge in [0.05, 0.1) is 11.3 Å². The molecule has 4 heteroatoms. The van der Waals surface area contributed by atoms with Crippen LogP contribution in [-0.4, -0.2) is 21.3 Å². The minimum absolute atomic E-state index is 0.0139. The molecule has 2 heterocycles. The molecule has 0 radical (unpaired) electrons. The van der Waals surface area contributed by atoms with Gasteiger partial charge in [0.15, 0.2) is 0 Å². The summed E-state index contributed by atoms with van der Waals surface area (Å²) >= 11 is 0. The highest BCUT2D eigenvalue weighted by Crippen LogP contribution is 2.29. The Balaban J connectivity index is 1.89. The summed E-state index contributed by atoms with van der Waals surface area (Å²) in [4.78, 5) is 17.0. The molecule has 0 aromatic carbocycles. The molecule has 3 rings (SSSR count). The summed E-state index contributed by atoms with van der Waals surface area (Å²) in [6, 6.07) is 4.09. The number of imidazole rings is 1. The third-order valence-corrected chi connectivity index (χ3v) is 4.40. The van der Waals surface area contributed by atoms with Crippen molar-refractivity contribution in [3.8, 4) is 0 Å². The fourth-order valence-electron chi connectivity index (χ4n) is 2.83. The SMILES string of the molecule is Cc1cn2c(C)ccc(C(=O)N[C@@H](C)C3CCC3)c2n1. The minimum atomic E-state index is -0.0139. The van der Waals surface area contributed by atoms with Gasteiger partial charge < -0.3 is 9.72 Å². The van der Waals surface area contributed by atoms with Gasteiger partial charge in [-0.05, 0) is 51.7 Å². The van der Waals surface area contributed by atoms with E-state index in [-0.39, 0.29) is 11.9 Å². The number of carbonyl (C=O) groups excluding carboxylic acids is 1. The highest BCUT2D eigenvalue weighted by atomic mass is 16.1. The minimum Gasteiger partial charge on any atom is -0.349 e. The molecule has 2 aromatic rings. The van der Waals surface area contributed by atoms with Crippen LogP contribution in [0.1, 0.15) is 47.9 Å². The summed E-state index contributed by atoms with van der Waals surface area (Å²) in [5, 5.41) is 3.13. The predicted octanol–water partition coefficient (Wildman–Crippen LogP) is 2.87. The van der Waals surface area contributed by atoms with E-state index < -0.39 is 0 Å². The third kappa shape index (κ3) is 2.19. The summed E-state index contributed by atoms with van der Waals surface area (Å²) in [6.07, 6.45) is 5.72. The Bertz CT molecular complexity index is 655. The van der Waals surface area contributed by atoms with Crippen LogP contribution in [-0.2, 0) is 0 Å². The summed E-state index contributed by atoms with van der Waals surface area (Å²) in [5.74, 6) is 0.627. The fraction of sp³-hybridized carbons (Fsp3) is 0.500. The number of nitrogens with zero attached hydrogens (tertiary/aromatic N) is 2. The van der Waals surface area contributed by atoms with E-state index in [1.165, 1.54) is 19.3 Å². The molecule has 1 atom stereocenters. The second-order valence-electron chi connectivity index (χ2n) is 5.92. The maximum Gasteiger partial charge on any atom is 0.255 e. The van der Waals surface area contributed by atoms with Crippen molar-refractivity contribution >= 4 is 11.6 Å². The molecule has 1 amide bonds. The Morgan fingerprint density at radius 3 is 2.80 bits per heavy atom. The van der Waals surface area contributed by atoms with Crippen LogP contribution in [0.2, 0.25) is 0 Å². The summed E-state index contributed by atoms with van der Waals surface area (Å²) in [5.41, 5.74) is 3.43. The van der Waals surface area contributed by atoms with E-state index in [1.54, 1.807) is 0 Å². The smallest absolute Gasteiger partial charge is 0.255 e. The molecule has 1 aliphatic rings. The van der Waals surface area contributed by atoms with Gasteiger partial charge in [0.1, 0.15) is 5.65 Å². The molecule has 4 nitrogen and oxygen atoms in total. The van der Waals surface area contributed by atoms with Crippen molar-refractivity contribution in [2.75, 3.05) is 0 Å². The standard InChI is InChI=1S/C16H21N3O/c1-10-9-19-11(2)7-8-14(15(19)17-10)16(20)18-12(3)13-5-4-6-13/h7-9,12-13H,4-6H2,1-3H3,(H,18,20)/t12-/m0/s1. The van der Waals surface area contributed by atoms with E-state index in [0.717, 1.165) is 17.0 Å². The molecule has 1 aliphatic carbocycles. The monoisotopic (exact) mass is 271 g/mol.